The van der Waals surface area contributed by atoms with Gasteiger partial charge in [0.25, 0.3) is 0 Å². The Labute approximate surface area is 86.8 Å². The van der Waals surface area contributed by atoms with Crippen LogP contribution in [0.2, 0.25) is 0 Å². The van der Waals surface area contributed by atoms with E-state index in [-0.39, 0.29) is 12.0 Å². The average molecular weight is 201 g/mol. The second-order valence-electron chi connectivity index (χ2n) is 4.86. The Kier molecular flexibility index (Phi) is 4.85. The highest BCUT2D eigenvalue weighted by Crippen LogP contribution is 2.25. The van der Waals surface area contributed by atoms with E-state index in [9.17, 15) is 0 Å². The standard InChI is InChI=1S/C11H23NO2/c1-10(2)4-3-5-12-6-11(7-13)8-14-9-11/h10,12-13H,3-9H2,1-2H3. The first-order valence-corrected chi connectivity index (χ1v) is 5.58. The number of aliphatic hydroxyl groups is 1. The molecule has 0 aromatic carbocycles. The molecule has 3 nitrogen and oxygen atoms in total. The van der Waals surface area contributed by atoms with Crippen molar-refractivity contribution in [1.82, 2.24) is 5.32 Å². The summed E-state index contributed by atoms with van der Waals surface area (Å²) in [6, 6.07) is 0. The molecule has 0 radical (unpaired) electrons. The Balaban J connectivity index is 1.97. The van der Waals surface area contributed by atoms with Crippen molar-refractivity contribution in [1.29, 1.82) is 0 Å². The average Bonchev–Trinajstić information content (AvgIpc) is 2.08. The van der Waals surface area contributed by atoms with E-state index in [0.29, 0.717) is 13.2 Å². The number of rotatable bonds is 7. The lowest BCUT2D eigenvalue weighted by Crippen LogP contribution is -2.52. The van der Waals surface area contributed by atoms with E-state index in [0.717, 1.165) is 19.0 Å². The molecule has 1 aliphatic rings. The molecule has 0 bridgehead atoms. The van der Waals surface area contributed by atoms with Crippen LogP contribution in [-0.4, -0.2) is 38.0 Å². The monoisotopic (exact) mass is 201 g/mol. The van der Waals surface area contributed by atoms with Crippen LogP contribution < -0.4 is 5.32 Å². The predicted molar refractivity (Wildman–Crippen MR) is 57.3 cm³/mol. The van der Waals surface area contributed by atoms with Gasteiger partial charge in [-0.2, -0.15) is 0 Å². The van der Waals surface area contributed by atoms with Gasteiger partial charge in [-0.15, -0.1) is 0 Å². The maximum absolute atomic E-state index is 9.16. The van der Waals surface area contributed by atoms with Crippen molar-refractivity contribution >= 4 is 0 Å². The van der Waals surface area contributed by atoms with Gasteiger partial charge < -0.3 is 15.2 Å². The van der Waals surface area contributed by atoms with E-state index >= 15 is 0 Å². The summed E-state index contributed by atoms with van der Waals surface area (Å²) in [5.74, 6) is 0.788. The van der Waals surface area contributed by atoms with E-state index in [1.807, 2.05) is 0 Å². The van der Waals surface area contributed by atoms with Crippen LogP contribution in [0.3, 0.4) is 0 Å². The van der Waals surface area contributed by atoms with Crippen LogP contribution in [-0.2, 0) is 4.74 Å². The third-order valence-electron chi connectivity index (χ3n) is 2.79. The lowest BCUT2D eigenvalue weighted by Gasteiger charge is -2.40. The minimum absolute atomic E-state index is 0.0256. The first-order valence-electron chi connectivity index (χ1n) is 5.58. The third kappa shape index (κ3) is 3.56. The van der Waals surface area contributed by atoms with Crippen molar-refractivity contribution in [2.75, 3.05) is 32.9 Å². The molecule has 2 N–H and O–H groups in total. The summed E-state index contributed by atoms with van der Waals surface area (Å²) >= 11 is 0. The van der Waals surface area contributed by atoms with Crippen LogP contribution >= 0.6 is 0 Å². The maximum Gasteiger partial charge on any atom is 0.0579 e. The van der Waals surface area contributed by atoms with Gasteiger partial charge in [0.2, 0.25) is 0 Å². The number of nitrogens with one attached hydrogen (secondary N) is 1. The molecule has 0 aromatic heterocycles. The zero-order valence-electron chi connectivity index (χ0n) is 9.38. The van der Waals surface area contributed by atoms with E-state index in [2.05, 4.69) is 19.2 Å². The van der Waals surface area contributed by atoms with Crippen LogP contribution in [0.4, 0.5) is 0 Å². The molecule has 1 heterocycles. The molecule has 0 aliphatic carbocycles. The Hall–Kier alpha value is -0.120. The Morgan fingerprint density at radius 2 is 2.14 bits per heavy atom. The SMILES string of the molecule is CC(C)CCCNCC1(CO)COC1. The summed E-state index contributed by atoms with van der Waals surface area (Å²) in [5, 5.41) is 12.6. The van der Waals surface area contributed by atoms with Gasteiger partial charge in [-0.3, -0.25) is 0 Å². The second-order valence-corrected chi connectivity index (χ2v) is 4.86. The smallest absolute Gasteiger partial charge is 0.0579 e. The van der Waals surface area contributed by atoms with E-state index < -0.39 is 0 Å². The van der Waals surface area contributed by atoms with E-state index in [4.69, 9.17) is 9.84 Å². The number of ether oxygens (including phenoxy) is 1. The van der Waals surface area contributed by atoms with Gasteiger partial charge in [0, 0.05) is 6.54 Å². The molecule has 0 saturated carbocycles. The van der Waals surface area contributed by atoms with Gasteiger partial charge >= 0.3 is 0 Å². The molecular weight excluding hydrogens is 178 g/mol. The Bertz CT molecular complexity index is 150. The van der Waals surface area contributed by atoms with Gasteiger partial charge in [0.1, 0.15) is 0 Å². The predicted octanol–water partition coefficient (Wildman–Crippen LogP) is 1.02. The van der Waals surface area contributed by atoms with E-state index in [1.54, 1.807) is 0 Å². The van der Waals surface area contributed by atoms with Gasteiger partial charge in [0.05, 0.1) is 25.2 Å². The highest BCUT2D eigenvalue weighted by Gasteiger charge is 2.37. The molecule has 1 saturated heterocycles. The molecule has 0 aromatic rings. The molecule has 0 amide bonds. The van der Waals surface area contributed by atoms with Crippen LogP contribution in [0, 0.1) is 11.3 Å². The first kappa shape index (κ1) is 12.0. The van der Waals surface area contributed by atoms with Crippen LogP contribution in [0.25, 0.3) is 0 Å². The summed E-state index contributed by atoms with van der Waals surface area (Å²) in [7, 11) is 0. The fourth-order valence-corrected chi connectivity index (χ4v) is 1.63. The van der Waals surface area contributed by atoms with Crippen molar-refractivity contribution in [3.05, 3.63) is 0 Å². The summed E-state index contributed by atoms with van der Waals surface area (Å²) < 4.78 is 5.12. The Morgan fingerprint density at radius 3 is 2.57 bits per heavy atom. The lowest BCUT2D eigenvalue weighted by atomic mass is 9.87. The normalized spacial score (nSPS) is 19.7. The van der Waals surface area contributed by atoms with Crippen LogP contribution in [0.1, 0.15) is 26.7 Å². The zero-order chi connectivity index (χ0) is 10.4. The summed E-state index contributed by atoms with van der Waals surface area (Å²) in [5.41, 5.74) is 0.0256. The molecule has 1 rings (SSSR count). The van der Waals surface area contributed by atoms with Crippen molar-refractivity contribution in [2.45, 2.75) is 26.7 Å². The zero-order valence-corrected chi connectivity index (χ0v) is 9.38. The largest absolute Gasteiger partial charge is 0.396 e. The summed E-state index contributed by atoms with van der Waals surface area (Å²) in [6.45, 7) is 8.09. The fraction of sp³-hybridized carbons (Fsp3) is 1.00. The van der Waals surface area contributed by atoms with Gasteiger partial charge in [0.15, 0.2) is 0 Å². The van der Waals surface area contributed by atoms with Crippen LogP contribution in [0.15, 0.2) is 0 Å². The first-order chi connectivity index (χ1) is 6.68. The van der Waals surface area contributed by atoms with Gasteiger partial charge in [-0.25, -0.2) is 0 Å². The topological polar surface area (TPSA) is 41.5 Å². The number of hydrogen-bond acceptors (Lipinski definition) is 3. The second kappa shape index (κ2) is 5.69. The highest BCUT2D eigenvalue weighted by atomic mass is 16.5. The van der Waals surface area contributed by atoms with Crippen molar-refractivity contribution < 1.29 is 9.84 Å². The Morgan fingerprint density at radius 1 is 1.43 bits per heavy atom. The van der Waals surface area contributed by atoms with Crippen LogP contribution in [0.5, 0.6) is 0 Å². The third-order valence-corrected chi connectivity index (χ3v) is 2.79. The van der Waals surface area contributed by atoms with E-state index in [1.165, 1.54) is 12.8 Å². The molecular formula is C11H23NO2. The molecule has 0 atom stereocenters. The number of aliphatic hydroxyl groups excluding tert-OH is 1. The minimum atomic E-state index is 0.0256. The molecule has 0 unspecified atom stereocenters. The quantitative estimate of drug-likeness (QED) is 0.604. The molecule has 84 valence electrons. The molecule has 14 heavy (non-hydrogen) atoms. The summed E-state index contributed by atoms with van der Waals surface area (Å²) in [6.07, 6.45) is 2.50. The summed E-state index contributed by atoms with van der Waals surface area (Å²) in [4.78, 5) is 0. The van der Waals surface area contributed by atoms with Gasteiger partial charge in [-0.1, -0.05) is 13.8 Å². The molecule has 1 aliphatic heterocycles. The number of hydrogen-bond donors (Lipinski definition) is 2. The fourth-order valence-electron chi connectivity index (χ4n) is 1.63. The molecule has 3 heteroatoms. The van der Waals surface area contributed by atoms with Crippen molar-refractivity contribution in [3.63, 3.8) is 0 Å². The minimum Gasteiger partial charge on any atom is -0.396 e. The molecule has 0 spiro atoms. The van der Waals surface area contributed by atoms with Gasteiger partial charge in [-0.05, 0) is 25.3 Å². The highest BCUT2D eigenvalue weighted by molar-refractivity contribution is 4.86. The molecule has 1 fully saturated rings. The maximum atomic E-state index is 9.16. The lowest BCUT2D eigenvalue weighted by molar-refractivity contribution is -0.134. The van der Waals surface area contributed by atoms with Crippen molar-refractivity contribution in [3.8, 4) is 0 Å². The van der Waals surface area contributed by atoms with Crippen molar-refractivity contribution in [2.24, 2.45) is 11.3 Å².